The molecule has 0 radical (unpaired) electrons. The number of aryl methyl sites for hydroxylation is 1. The molecule has 1 rings (SSSR count). The predicted molar refractivity (Wildman–Crippen MR) is 60.1 cm³/mol. The highest BCUT2D eigenvalue weighted by Gasteiger charge is 2.07. The van der Waals surface area contributed by atoms with Crippen LogP contribution in [0.2, 0.25) is 0 Å². The average molecular weight is 305 g/mol. The minimum atomic E-state index is 0.626. The summed E-state index contributed by atoms with van der Waals surface area (Å²) in [5.74, 6) is 0. The third-order valence-corrected chi connectivity index (χ3v) is 3.96. The fraction of sp³-hybridized carbons (Fsp3) is 0.250. The zero-order chi connectivity index (χ0) is 10.0. The van der Waals surface area contributed by atoms with E-state index in [-0.39, 0.29) is 0 Å². The number of azide groups is 1. The van der Waals surface area contributed by atoms with Crippen molar-refractivity contribution < 1.29 is 0 Å². The largest absolute Gasteiger partial charge is 0.0596 e. The van der Waals surface area contributed by atoms with Gasteiger partial charge in [0.2, 0.25) is 0 Å². The molecule has 1 aromatic carbocycles. The van der Waals surface area contributed by atoms with Crippen molar-refractivity contribution in [3.63, 3.8) is 0 Å². The van der Waals surface area contributed by atoms with E-state index in [4.69, 9.17) is 5.53 Å². The Hall–Kier alpha value is -0.510. The number of hydrogen-bond donors (Lipinski definition) is 0. The Kier molecular flexibility index (Phi) is 3.36. The van der Waals surface area contributed by atoms with Crippen LogP contribution in [0.1, 0.15) is 11.1 Å². The summed E-state index contributed by atoms with van der Waals surface area (Å²) in [4.78, 5) is 2.76. The molecule has 1 aromatic rings. The monoisotopic (exact) mass is 303 g/mol. The van der Waals surface area contributed by atoms with Gasteiger partial charge in [0.15, 0.2) is 0 Å². The fourth-order valence-electron chi connectivity index (χ4n) is 1.04. The summed E-state index contributed by atoms with van der Waals surface area (Å²) in [5.41, 5.74) is 11.0. The van der Waals surface area contributed by atoms with Gasteiger partial charge < -0.3 is 0 Å². The van der Waals surface area contributed by atoms with Crippen molar-refractivity contribution in [2.45, 2.75) is 13.8 Å². The number of rotatable bonds is 1. The maximum absolute atomic E-state index is 8.32. The third-order valence-electron chi connectivity index (χ3n) is 1.74. The molecule has 0 heterocycles. The van der Waals surface area contributed by atoms with Crippen molar-refractivity contribution in [2.24, 2.45) is 5.11 Å². The molecule has 0 unspecified atom stereocenters. The highest BCUT2D eigenvalue weighted by molar-refractivity contribution is 9.11. The quantitative estimate of drug-likeness (QED) is 0.408. The zero-order valence-corrected chi connectivity index (χ0v) is 10.3. The smallest absolute Gasteiger partial charge is 0.0523 e. The highest BCUT2D eigenvalue weighted by atomic mass is 79.9. The van der Waals surface area contributed by atoms with Gasteiger partial charge in [-0.3, -0.25) is 0 Å². The van der Waals surface area contributed by atoms with Crippen LogP contribution in [0.3, 0.4) is 0 Å². The van der Waals surface area contributed by atoms with Gasteiger partial charge in [-0.1, -0.05) is 37.0 Å². The maximum Gasteiger partial charge on any atom is 0.0523 e. The van der Waals surface area contributed by atoms with E-state index in [0.29, 0.717) is 5.69 Å². The van der Waals surface area contributed by atoms with Crippen LogP contribution < -0.4 is 0 Å². The van der Waals surface area contributed by atoms with Crippen molar-refractivity contribution >= 4 is 37.5 Å². The van der Waals surface area contributed by atoms with Crippen molar-refractivity contribution in [1.29, 1.82) is 0 Å². The van der Waals surface area contributed by atoms with Crippen LogP contribution in [0.25, 0.3) is 10.4 Å². The summed E-state index contributed by atoms with van der Waals surface area (Å²) in [5, 5.41) is 3.58. The van der Waals surface area contributed by atoms with Crippen molar-refractivity contribution in [3.05, 3.63) is 36.6 Å². The molecule has 0 aliphatic rings. The van der Waals surface area contributed by atoms with Crippen LogP contribution in [0.5, 0.6) is 0 Å². The zero-order valence-electron chi connectivity index (χ0n) is 7.17. The lowest BCUT2D eigenvalue weighted by molar-refractivity contribution is 1.29. The standard InChI is InChI=1S/C8H7Br2N3/c1-4-3-6(12-13-11)8(10)5(2)7(4)9/h3H,1-2H3. The van der Waals surface area contributed by atoms with Gasteiger partial charge in [0.25, 0.3) is 0 Å². The molecular formula is C8H7Br2N3. The second kappa shape index (κ2) is 4.13. The van der Waals surface area contributed by atoms with Gasteiger partial charge in [0.1, 0.15) is 0 Å². The summed E-state index contributed by atoms with van der Waals surface area (Å²) in [6.07, 6.45) is 0. The van der Waals surface area contributed by atoms with Gasteiger partial charge in [0, 0.05) is 13.9 Å². The van der Waals surface area contributed by atoms with Gasteiger partial charge >= 0.3 is 0 Å². The summed E-state index contributed by atoms with van der Waals surface area (Å²) < 4.78 is 1.87. The SMILES string of the molecule is Cc1cc(N=[N+]=[N-])c(Br)c(C)c1Br. The molecule has 0 aliphatic carbocycles. The van der Waals surface area contributed by atoms with Crippen molar-refractivity contribution in [2.75, 3.05) is 0 Å². The van der Waals surface area contributed by atoms with E-state index in [0.717, 1.165) is 20.1 Å². The summed E-state index contributed by atoms with van der Waals surface area (Å²) in [6, 6.07) is 1.83. The fourth-order valence-corrected chi connectivity index (χ4v) is 2.01. The predicted octanol–water partition coefficient (Wildman–Crippen LogP) is 4.77. The topological polar surface area (TPSA) is 48.8 Å². The normalized spacial score (nSPS) is 9.54. The molecular weight excluding hydrogens is 298 g/mol. The van der Waals surface area contributed by atoms with Crippen LogP contribution >= 0.6 is 31.9 Å². The molecule has 0 saturated carbocycles. The van der Waals surface area contributed by atoms with Gasteiger partial charge in [-0.25, -0.2) is 0 Å². The second-order valence-corrected chi connectivity index (χ2v) is 4.24. The number of nitrogens with zero attached hydrogens (tertiary/aromatic N) is 3. The molecule has 0 amide bonds. The first-order valence-corrected chi connectivity index (χ1v) is 5.16. The molecule has 68 valence electrons. The van der Waals surface area contributed by atoms with Gasteiger partial charge in [-0.2, -0.15) is 0 Å². The van der Waals surface area contributed by atoms with Gasteiger partial charge in [-0.05, 0) is 36.6 Å². The summed E-state index contributed by atoms with van der Waals surface area (Å²) in [7, 11) is 0. The van der Waals surface area contributed by atoms with E-state index < -0.39 is 0 Å². The molecule has 0 aromatic heterocycles. The molecule has 0 fully saturated rings. The lowest BCUT2D eigenvalue weighted by Gasteiger charge is -2.07. The third kappa shape index (κ3) is 2.05. The Morgan fingerprint density at radius 2 is 1.92 bits per heavy atom. The maximum atomic E-state index is 8.32. The van der Waals surface area contributed by atoms with Crippen molar-refractivity contribution in [1.82, 2.24) is 0 Å². The van der Waals surface area contributed by atoms with Crippen LogP contribution in [0, 0.1) is 13.8 Å². The molecule has 0 bridgehead atoms. The molecule has 0 N–H and O–H groups in total. The number of hydrogen-bond acceptors (Lipinski definition) is 1. The van der Waals surface area contributed by atoms with E-state index in [9.17, 15) is 0 Å². The first kappa shape index (κ1) is 10.6. The van der Waals surface area contributed by atoms with E-state index in [1.165, 1.54) is 0 Å². The summed E-state index contributed by atoms with van der Waals surface area (Å²) >= 11 is 6.82. The summed E-state index contributed by atoms with van der Waals surface area (Å²) in [6.45, 7) is 3.91. The van der Waals surface area contributed by atoms with E-state index in [1.807, 2.05) is 19.9 Å². The Balaban J connectivity index is 3.49. The van der Waals surface area contributed by atoms with Gasteiger partial charge in [0.05, 0.1) is 5.69 Å². The number of benzene rings is 1. The molecule has 3 nitrogen and oxygen atoms in total. The Morgan fingerprint density at radius 1 is 1.31 bits per heavy atom. The van der Waals surface area contributed by atoms with Crippen LogP contribution in [0.15, 0.2) is 20.1 Å². The van der Waals surface area contributed by atoms with Crippen LogP contribution in [-0.4, -0.2) is 0 Å². The lowest BCUT2D eigenvalue weighted by atomic mass is 10.1. The second-order valence-electron chi connectivity index (χ2n) is 2.65. The molecule has 0 saturated heterocycles. The minimum Gasteiger partial charge on any atom is -0.0596 e. The Bertz CT molecular complexity index is 395. The molecule has 0 atom stereocenters. The van der Waals surface area contributed by atoms with E-state index >= 15 is 0 Å². The van der Waals surface area contributed by atoms with E-state index in [1.54, 1.807) is 0 Å². The van der Waals surface area contributed by atoms with Crippen LogP contribution in [-0.2, 0) is 0 Å². The van der Waals surface area contributed by atoms with E-state index in [2.05, 4.69) is 41.9 Å². The molecule has 13 heavy (non-hydrogen) atoms. The van der Waals surface area contributed by atoms with Crippen molar-refractivity contribution in [3.8, 4) is 0 Å². The Labute approximate surface area is 93.0 Å². The molecule has 5 heteroatoms. The highest BCUT2D eigenvalue weighted by Crippen LogP contribution is 2.35. The minimum absolute atomic E-state index is 0.626. The Morgan fingerprint density at radius 3 is 2.46 bits per heavy atom. The lowest BCUT2D eigenvalue weighted by Crippen LogP contribution is -1.83. The molecule has 0 spiro atoms. The first-order chi connectivity index (χ1) is 6.07. The molecule has 0 aliphatic heterocycles. The van der Waals surface area contributed by atoms with Gasteiger partial charge in [-0.15, -0.1) is 0 Å². The van der Waals surface area contributed by atoms with Crippen LogP contribution in [0.4, 0.5) is 5.69 Å². The first-order valence-electron chi connectivity index (χ1n) is 3.58. The average Bonchev–Trinajstić information content (AvgIpc) is 2.11. The number of halogens is 2.